The number of aromatic nitrogens is 2. The maximum Gasteiger partial charge on any atom is 0.418 e. The van der Waals surface area contributed by atoms with Crippen LogP contribution in [-0.2, 0) is 16.0 Å². The molecule has 7 nitrogen and oxygen atoms in total. The van der Waals surface area contributed by atoms with Crippen molar-refractivity contribution in [2.75, 3.05) is 18.7 Å². The Labute approximate surface area is 151 Å². The van der Waals surface area contributed by atoms with E-state index >= 15 is 0 Å². The van der Waals surface area contributed by atoms with Crippen LogP contribution in [0, 0.1) is 0 Å². The van der Waals surface area contributed by atoms with Gasteiger partial charge in [-0.2, -0.15) is 13.2 Å². The van der Waals surface area contributed by atoms with E-state index in [1.165, 1.54) is 6.07 Å². The third-order valence-electron chi connectivity index (χ3n) is 3.06. The van der Waals surface area contributed by atoms with E-state index in [4.69, 9.17) is 16.3 Å². The molecule has 26 heavy (non-hydrogen) atoms. The first-order valence-corrected chi connectivity index (χ1v) is 9.00. The highest BCUT2D eigenvalue weighted by Gasteiger charge is 2.35. The van der Waals surface area contributed by atoms with E-state index in [0.29, 0.717) is 0 Å². The quantitative estimate of drug-likeness (QED) is 0.780. The normalized spacial score (nSPS) is 11.9. The fourth-order valence-electron chi connectivity index (χ4n) is 1.93. The fourth-order valence-corrected chi connectivity index (χ4v) is 2.61. The summed E-state index contributed by atoms with van der Waals surface area (Å²) in [5.74, 6) is -1.40. The predicted octanol–water partition coefficient (Wildman–Crippen LogP) is 2.81. The monoisotopic (exact) mass is 409 g/mol. The third-order valence-corrected chi connectivity index (χ3v) is 4.20. The van der Waals surface area contributed by atoms with Crippen molar-refractivity contribution >= 4 is 33.0 Å². The molecule has 0 aliphatic heterocycles. The minimum atomic E-state index is -4.77. The van der Waals surface area contributed by atoms with Gasteiger partial charge in [0.2, 0.25) is 15.0 Å². The van der Waals surface area contributed by atoms with Crippen molar-refractivity contribution in [3.05, 3.63) is 40.7 Å². The molecule has 12 heteroatoms. The number of hydrogen-bond acceptors (Lipinski definition) is 6. The number of methoxy groups -OCH3 is 1. The van der Waals surface area contributed by atoms with Crippen molar-refractivity contribution in [1.82, 2.24) is 9.97 Å². The van der Waals surface area contributed by atoms with Crippen molar-refractivity contribution in [1.29, 1.82) is 0 Å². The summed E-state index contributed by atoms with van der Waals surface area (Å²) < 4.78 is 67.4. The van der Waals surface area contributed by atoms with E-state index in [1.54, 1.807) is 0 Å². The lowest BCUT2D eigenvalue weighted by Crippen LogP contribution is -2.20. The lowest BCUT2D eigenvalue weighted by Gasteiger charge is -2.17. The fraction of sp³-hybridized carbons (Fsp3) is 0.214. The molecule has 140 valence electrons. The van der Waals surface area contributed by atoms with Gasteiger partial charge in [-0.25, -0.2) is 18.4 Å². The van der Waals surface area contributed by atoms with Gasteiger partial charge >= 0.3 is 6.18 Å². The number of ether oxygens (including phenoxy) is 1. The van der Waals surface area contributed by atoms with Crippen molar-refractivity contribution in [3.63, 3.8) is 0 Å². The number of nitrogens with zero attached hydrogens (tertiary/aromatic N) is 2. The number of halogens is 4. The highest BCUT2D eigenvalue weighted by atomic mass is 35.5. The molecule has 0 saturated heterocycles. The number of carbonyl (C=O) groups excluding carboxylic acids is 1. The Morgan fingerprint density at radius 3 is 2.50 bits per heavy atom. The third kappa shape index (κ3) is 4.22. The second-order valence-corrected chi connectivity index (χ2v) is 7.27. The van der Waals surface area contributed by atoms with Gasteiger partial charge in [0.05, 0.1) is 29.6 Å². The minimum Gasteiger partial charge on any atom is -0.495 e. The molecule has 2 rings (SSSR count). The summed E-state index contributed by atoms with van der Waals surface area (Å²) in [6.07, 6.45) is -3.10. The number of rotatable bonds is 4. The standard InChI is InChI=1S/C14H11ClF3N3O4S/c1-25-9-5-3-4-7(14(16,17)18)10(9)20-12(22)11-8(15)6-19-13(21-11)26(2,23)24/h3-6H,1-2H3,(H,20,22). The highest BCUT2D eigenvalue weighted by molar-refractivity contribution is 7.90. The lowest BCUT2D eigenvalue weighted by molar-refractivity contribution is -0.137. The summed E-state index contributed by atoms with van der Waals surface area (Å²) in [7, 11) is -2.73. The molecule has 1 N–H and O–H groups in total. The van der Waals surface area contributed by atoms with E-state index in [2.05, 4.69) is 9.97 Å². The first-order valence-electron chi connectivity index (χ1n) is 6.73. The van der Waals surface area contributed by atoms with Crippen molar-refractivity contribution < 1.29 is 31.1 Å². The molecule has 2 aromatic rings. The lowest BCUT2D eigenvalue weighted by atomic mass is 10.1. The van der Waals surface area contributed by atoms with E-state index < -0.39 is 44.0 Å². The molecule has 0 aliphatic carbocycles. The summed E-state index contributed by atoms with van der Waals surface area (Å²) >= 11 is 5.78. The largest absolute Gasteiger partial charge is 0.495 e. The molecule has 0 fully saturated rings. The number of hydrogen-bond donors (Lipinski definition) is 1. The molecule has 0 unspecified atom stereocenters. The smallest absolute Gasteiger partial charge is 0.418 e. The Hall–Kier alpha value is -2.40. The molecule has 0 spiro atoms. The number of benzene rings is 1. The molecule has 0 saturated carbocycles. The highest BCUT2D eigenvalue weighted by Crippen LogP contribution is 2.40. The van der Waals surface area contributed by atoms with Gasteiger partial charge in [0, 0.05) is 6.26 Å². The number of alkyl halides is 3. The number of para-hydroxylation sites is 1. The topological polar surface area (TPSA) is 98.2 Å². The molecule has 1 amide bonds. The van der Waals surface area contributed by atoms with Crippen LogP contribution in [0.25, 0.3) is 0 Å². The summed E-state index contributed by atoms with van der Waals surface area (Å²) in [4.78, 5) is 19.4. The molecule has 1 heterocycles. The Kier molecular flexibility index (Phi) is 5.42. The van der Waals surface area contributed by atoms with Gasteiger partial charge in [0.1, 0.15) is 5.75 Å². The average Bonchev–Trinajstić information content (AvgIpc) is 2.53. The van der Waals surface area contributed by atoms with Gasteiger partial charge in [-0.1, -0.05) is 17.7 Å². The zero-order valence-electron chi connectivity index (χ0n) is 13.3. The van der Waals surface area contributed by atoms with Gasteiger partial charge in [-0.3, -0.25) is 4.79 Å². The second kappa shape index (κ2) is 7.08. The molecule has 1 aromatic heterocycles. The summed E-state index contributed by atoms with van der Waals surface area (Å²) in [5, 5.41) is 0.993. The molecule has 0 radical (unpaired) electrons. The SMILES string of the molecule is COc1cccc(C(F)(F)F)c1NC(=O)c1nc(S(C)(=O)=O)ncc1Cl. The Bertz CT molecular complexity index is 964. The molecule has 1 aromatic carbocycles. The van der Waals surface area contributed by atoms with Crippen molar-refractivity contribution in [2.45, 2.75) is 11.3 Å². The van der Waals surface area contributed by atoms with E-state index in [0.717, 1.165) is 31.7 Å². The first-order chi connectivity index (χ1) is 11.9. The maximum atomic E-state index is 13.2. The number of sulfone groups is 1. The molecule has 0 atom stereocenters. The van der Waals surface area contributed by atoms with Crippen LogP contribution in [0.2, 0.25) is 5.02 Å². The van der Waals surface area contributed by atoms with Crippen LogP contribution in [0.1, 0.15) is 16.1 Å². The summed E-state index contributed by atoms with van der Waals surface area (Å²) in [6.45, 7) is 0. The molecular weight excluding hydrogens is 399 g/mol. The van der Waals surface area contributed by atoms with Crippen molar-refractivity contribution in [2.24, 2.45) is 0 Å². The van der Waals surface area contributed by atoms with Crippen LogP contribution in [-0.4, -0.2) is 37.7 Å². The predicted molar refractivity (Wildman–Crippen MR) is 86.1 cm³/mol. The van der Waals surface area contributed by atoms with E-state index in [-0.39, 0.29) is 10.8 Å². The van der Waals surface area contributed by atoms with Gasteiger partial charge in [0.15, 0.2) is 5.69 Å². The number of nitrogens with one attached hydrogen (secondary N) is 1. The zero-order chi connectivity index (χ0) is 19.7. The zero-order valence-corrected chi connectivity index (χ0v) is 14.8. The number of anilines is 1. The number of amides is 1. The maximum absolute atomic E-state index is 13.2. The van der Waals surface area contributed by atoms with Crippen LogP contribution in [0.3, 0.4) is 0 Å². The average molecular weight is 410 g/mol. The van der Waals surface area contributed by atoms with Gasteiger partial charge in [0.25, 0.3) is 5.91 Å². The van der Waals surface area contributed by atoms with Gasteiger partial charge in [-0.15, -0.1) is 0 Å². The molecule has 0 aliphatic rings. The summed E-state index contributed by atoms with van der Waals surface area (Å²) in [6, 6.07) is 3.08. The van der Waals surface area contributed by atoms with Crippen molar-refractivity contribution in [3.8, 4) is 5.75 Å². The van der Waals surface area contributed by atoms with E-state index in [1.807, 2.05) is 5.32 Å². The van der Waals surface area contributed by atoms with Crippen LogP contribution >= 0.6 is 11.6 Å². The van der Waals surface area contributed by atoms with E-state index in [9.17, 15) is 26.4 Å². The van der Waals surface area contributed by atoms with Crippen LogP contribution in [0.15, 0.2) is 29.6 Å². The Morgan fingerprint density at radius 2 is 1.96 bits per heavy atom. The van der Waals surface area contributed by atoms with Gasteiger partial charge in [-0.05, 0) is 12.1 Å². The summed E-state index contributed by atoms with van der Waals surface area (Å²) in [5.41, 5.74) is -2.40. The Balaban J connectivity index is 2.52. The van der Waals surface area contributed by atoms with Crippen LogP contribution in [0.5, 0.6) is 5.75 Å². The number of carbonyl (C=O) groups is 1. The first kappa shape index (κ1) is 19.9. The van der Waals surface area contributed by atoms with Crippen LogP contribution in [0.4, 0.5) is 18.9 Å². The Morgan fingerprint density at radius 1 is 1.31 bits per heavy atom. The second-order valence-electron chi connectivity index (χ2n) is 4.96. The van der Waals surface area contributed by atoms with Gasteiger partial charge < -0.3 is 10.1 Å². The minimum absolute atomic E-state index is 0.248. The van der Waals surface area contributed by atoms with Crippen LogP contribution < -0.4 is 10.1 Å². The molecular formula is C14H11ClF3N3O4S. The molecule has 0 bridgehead atoms.